The summed E-state index contributed by atoms with van der Waals surface area (Å²) in [7, 11) is 1.62. The highest BCUT2D eigenvalue weighted by Crippen LogP contribution is 2.35. The second-order valence-corrected chi connectivity index (χ2v) is 10.5. The number of nitrogens with zero attached hydrogens (tertiary/aromatic N) is 3. The topological polar surface area (TPSA) is 110 Å². The van der Waals surface area contributed by atoms with Crippen LogP contribution in [0.1, 0.15) is 30.6 Å². The summed E-state index contributed by atoms with van der Waals surface area (Å²) in [5, 5.41) is 10.8. The fourth-order valence-corrected chi connectivity index (χ4v) is 5.37. The second-order valence-electron chi connectivity index (χ2n) is 9.41. The molecule has 0 aliphatic carbocycles. The molecule has 3 N–H and O–H groups in total. The minimum atomic E-state index is -0.392. The maximum absolute atomic E-state index is 13.3. The molecule has 2 aromatic heterocycles. The van der Waals surface area contributed by atoms with E-state index in [-0.39, 0.29) is 12.3 Å². The Kier molecular flexibility index (Phi) is 8.79. The quantitative estimate of drug-likeness (QED) is 0.203. The normalized spacial score (nSPS) is 14.9. The van der Waals surface area contributed by atoms with Crippen molar-refractivity contribution in [2.24, 2.45) is 5.92 Å². The van der Waals surface area contributed by atoms with Crippen molar-refractivity contribution in [1.29, 1.82) is 0 Å². The number of thiazole rings is 1. The summed E-state index contributed by atoms with van der Waals surface area (Å²) in [5.74, 6) is 2.03. The number of hydrogen-bond acceptors (Lipinski definition) is 9. The summed E-state index contributed by atoms with van der Waals surface area (Å²) in [5.41, 5.74) is 1.17. The lowest BCUT2D eigenvalue weighted by Crippen LogP contribution is -2.12. The van der Waals surface area contributed by atoms with E-state index in [4.69, 9.17) is 9.47 Å². The van der Waals surface area contributed by atoms with Gasteiger partial charge in [-0.1, -0.05) is 6.07 Å². The van der Waals surface area contributed by atoms with E-state index in [1.54, 1.807) is 25.4 Å². The van der Waals surface area contributed by atoms with Crippen LogP contribution in [0.5, 0.6) is 11.5 Å². The number of rotatable bonds is 12. The average Bonchev–Trinajstić information content (AvgIpc) is 3.62. The molecular weight excluding hydrogens is 519 g/mol. The molecule has 0 saturated carbocycles. The number of ether oxygens (including phenoxy) is 2. The van der Waals surface area contributed by atoms with Crippen molar-refractivity contribution in [3.63, 3.8) is 0 Å². The maximum atomic E-state index is 13.3. The molecule has 5 rings (SSSR count). The molecule has 2 aromatic carbocycles. The zero-order valence-electron chi connectivity index (χ0n) is 21.7. The number of methoxy groups -OCH3 is 1. The van der Waals surface area contributed by atoms with Crippen LogP contribution in [0.4, 0.5) is 21.0 Å². The number of amides is 1. The Morgan fingerprint density at radius 2 is 2.13 bits per heavy atom. The first-order chi connectivity index (χ1) is 19.1. The molecule has 39 heavy (non-hydrogen) atoms. The van der Waals surface area contributed by atoms with Gasteiger partial charge in [-0.3, -0.25) is 4.79 Å². The third-order valence-electron chi connectivity index (χ3n) is 6.58. The highest BCUT2D eigenvalue weighted by atomic mass is 32.1. The Morgan fingerprint density at radius 1 is 1.21 bits per heavy atom. The average molecular weight is 551 g/mol. The van der Waals surface area contributed by atoms with Gasteiger partial charge in [0, 0.05) is 34.6 Å². The molecule has 0 bridgehead atoms. The van der Waals surface area contributed by atoms with Crippen LogP contribution in [0.3, 0.4) is 0 Å². The Balaban J connectivity index is 1.19. The number of fused-ring (bicyclic) bond motifs is 1. The molecule has 1 saturated heterocycles. The Morgan fingerprint density at radius 3 is 2.95 bits per heavy atom. The number of hydrogen-bond donors (Lipinski definition) is 3. The molecule has 4 aromatic rings. The van der Waals surface area contributed by atoms with Crippen LogP contribution in [-0.4, -0.2) is 47.7 Å². The minimum Gasteiger partial charge on any atom is -0.493 e. The number of anilines is 3. The number of nitrogens with one attached hydrogen (secondary N) is 3. The second kappa shape index (κ2) is 12.8. The summed E-state index contributed by atoms with van der Waals surface area (Å²) >= 11 is 1.44. The van der Waals surface area contributed by atoms with Gasteiger partial charge in [0.15, 0.2) is 16.6 Å². The van der Waals surface area contributed by atoms with Gasteiger partial charge in [-0.25, -0.2) is 19.3 Å². The number of carbonyl (C=O) groups is 1. The predicted octanol–water partition coefficient (Wildman–Crippen LogP) is 5.32. The van der Waals surface area contributed by atoms with Gasteiger partial charge >= 0.3 is 0 Å². The first kappa shape index (κ1) is 26.8. The summed E-state index contributed by atoms with van der Waals surface area (Å²) < 4.78 is 25.0. The Hall–Kier alpha value is -3.83. The molecule has 1 amide bonds. The highest BCUT2D eigenvalue weighted by molar-refractivity contribution is 7.15. The van der Waals surface area contributed by atoms with E-state index in [9.17, 15) is 9.18 Å². The lowest BCUT2D eigenvalue weighted by molar-refractivity contribution is -0.116. The first-order valence-corrected chi connectivity index (χ1v) is 13.8. The van der Waals surface area contributed by atoms with Gasteiger partial charge in [-0.05, 0) is 69.0 Å². The van der Waals surface area contributed by atoms with Crippen molar-refractivity contribution in [2.75, 3.05) is 37.4 Å². The van der Waals surface area contributed by atoms with E-state index < -0.39 is 5.82 Å². The molecule has 0 spiro atoms. The lowest BCUT2D eigenvalue weighted by atomic mass is 10.0. The third-order valence-corrected chi connectivity index (χ3v) is 7.56. The number of carbonyl (C=O) groups excluding carboxylic acids is 1. The van der Waals surface area contributed by atoms with Gasteiger partial charge in [-0.15, -0.1) is 11.3 Å². The SMILES string of the molecule is COc1cc2c(Nc3ncc(CCC(=O)Nc4cccc(F)c4)s3)ncnc2cc1OCCCC1CCNC1. The van der Waals surface area contributed by atoms with E-state index in [1.165, 1.54) is 36.2 Å². The van der Waals surface area contributed by atoms with Crippen LogP contribution in [0, 0.1) is 11.7 Å². The summed E-state index contributed by atoms with van der Waals surface area (Å²) in [6.07, 6.45) is 7.37. The van der Waals surface area contributed by atoms with Crippen LogP contribution in [0.25, 0.3) is 10.9 Å². The van der Waals surface area contributed by atoms with Crippen molar-refractivity contribution in [2.45, 2.75) is 32.1 Å². The smallest absolute Gasteiger partial charge is 0.224 e. The van der Waals surface area contributed by atoms with Crippen LogP contribution in [-0.2, 0) is 11.2 Å². The van der Waals surface area contributed by atoms with Gasteiger partial charge in [0.05, 0.1) is 19.2 Å². The molecule has 204 valence electrons. The molecule has 9 nitrogen and oxygen atoms in total. The van der Waals surface area contributed by atoms with Gasteiger partial charge in [-0.2, -0.15) is 0 Å². The molecule has 11 heteroatoms. The predicted molar refractivity (Wildman–Crippen MR) is 151 cm³/mol. The van der Waals surface area contributed by atoms with Crippen molar-refractivity contribution in [1.82, 2.24) is 20.3 Å². The van der Waals surface area contributed by atoms with Crippen LogP contribution < -0.4 is 25.4 Å². The van der Waals surface area contributed by atoms with Crippen LogP contribution in [0.2, 0.25) is 0 Å². The van der Waals surface area contributed by atoms with Crippen molar-refractivity contribution in [3.8, 4) is 11.5 Å². The number of benzene rings is 2. The summed E-state index contributed by atoms with van der Waals surface area (Å²) in [6.45, 7) is 2.83. The summed E-state index contributed by atoms with van der Waals surface area (Å²) in [4.78, 5) is 26.5. The monoisotopic (exact) mass is 550 g/mol. The zero-order valence-corrected chi connectivity index (χ0v) is 22.5. The molecule has 1 atom stereocenters. The zero-order chi connectivity index (χ0) is 27.0. The van der Waals surface area contributed by atoms with Gasteiger partial charge in [0.1, 0.15) is 18.0 Å². The Bertz CT molecular complexity index is 1430. The fourth-order valence-electron chi connectivity index (χ4n) is 4.56. The largest absolute Gasteiger partial charge is 0.493 e. The molecule has 0 radical (unpaired) electrons. The number of halogens is 1. The standard InChI is InChI=1S/C28H31FN6O3S/c1-37-24-13-22-23(14-25(24)38-11-3-4-18-9-10-30-15-18)32-17-33-27(22)35-28-31-16-21(39-28)7-8-26(36)34-20-6-2-5-19(29)12-20/h2,5-6,12-14,16-18,30H,3-4,7-11,15H2,1H3,(H,34,36)(H,31,32,33,35). The molecule has 1 unspecified atom stereocenters. The molecular formula is C28H31FN6O3S. The van der Waals surface area contributed by atoms with E-state index in [0.717, 1.165) is 47.6 Å². The van der Waals surface area contributed by atoms with Crippen molar-refractivity contribution >= 4 is 44.8 Å². The first-order valence-electron chi connectivity index (χ1n) is 13.0. The summed E-state index contributed by atoms with van der Waals surface area (Å²) in [6, 6.07) is 9.59. The third kappa shape index (κ3) is 7.18. The van der Waals surface area contributed by atoms with E-state index in [2.05, 4.69) is 30.9 Å². The van der Waals surface area contributed by atoms with E-state index in [0.29, 0.717) is 41.2 Å². The van der Waals surface area contributed by atoms with Crippen molar-refractivity contribution in [3.05, 3.63) is 59.6 Å². The number of aryl methyl sites for hydroxylation is 1. The molecule has 1 fully saturated rings. The highest BCUT2D eigenvalue weighted by Gasteiger charge is 2.16. The van der Waals surface area contributed by atoms with Crippen molar-refractivity contribution < 1.29 is 18.7 Å². The minimum absolute atomic E-state index is 0.189. The maximum Gasteiger partial charge on any atom is 0.224 e. The van der Waals surface area contributed by atoms with Gasteiger partial charge < -0.3 is 25.4 Å². The Labute approximate surface area is 230 Å². The molecule has 1 aliphatic heterocycles. The van der Waals surface area contributed by atoms with E-state index in [1.807, 2.05) is 12.1 Å². The van der Waals surface area contributed by atoms with Crippen LogP contribution >= 0.6 is 11.3 Å². The van der Waals surface area contributed by atoms with Gasteiger partial charge in [0.2, 0.25) is 5.91 Å². The molecule has 1 aliphatic rings. The van der Waals surface area contributed by atoms with E-state index >= 15 is 0 Å². The fraction of sp³-hybridized carbons (Fsp3) is 0.357. The van der Waals surface area contributed by atoms with Gasteiger partial charge in [0.25, 0.3) is 0 Å². The lowest BCUT2D eigenvalue weighted by Gasteiger charge is -2.14. The van der Waals surface area contributed by atoms with Crippen LogP contribution in [0.15, 0.2) is 48.9 Å². The number of aromatic nitrogens is 3. The molecule has 3 heterocycles.